The summed E-state index contributed by atoms with van der Waals surface area (Å²) in [6, 6.07) is 18.6. The van der Waals surface area contributed by atoms with Crippen LogP contribution in [-0.4, -0.2) is 23.4 Å². The number of rotatable bonds is 5. The van der Waals surface area contributed by atoms with Crippen molar-refractivity contribution in [1.82, 2.24) is 0 Å². The summed E-state index contributed by atoms with van der Waals surface area (Å²) in [6.07, 6.45) is 0. The smallest absolute Gasteiger partial charge is 0.300 e. The summed E-state index contributed by atoms with van der Waals surface area (Å²) in [5.41, 5.74) is 2.39. The highest BCUT2D eigenvalue weighted by molar-refractivity contribution is 6.51. The lowest BCUT2D eigenvalue weighted by Crippen LogP contribution is -2.29. The topological polar surface area (TPSA) is 66.8 Å². The van der Waals surface area contributed by atoms with Crippen molar-refractivity contribution in [3.8, 4) is 5.75 Å². The van der Waals surface area contributed by atoms with E-state index in [-0.39, 0.29) is 16.9 Å². The van der Waals surface area contributed by atoms with Gasteiger partial charge in [-0.15, -0.1) is 0 Å². The van der Waals surface area contributed by atoms with Crippen LogP contribution in [-0.2, 0) is 9.59 Å². The molecular formula is C26H22FNO4. The van der Waals surface area contributed by atoms with Crippen LogP contribution in [0.4, 0.5) is 10.1 Å². The molecule has 0 saturated carbocycles. The molecule has 1 saturated heterocycles. The Labute approximate surface area is 185 Å². The molecule has 1 aliphatic rings. The number of carbonyl (C=O) groups is 2. The van der Waals surface area contributed by atoms with E-state index < -0.39 is 23.5 Å². The normalized spacial score (nSPS) is 17.6. The number of amides is 1. The van der Waals surface area contributed by atoms with Gasteiger partial charge in [0.05, 0.1) is 18.2 Å². The second kappa shape index (κ2) is 8.67. The molecule has 0 spiro atoms. The molecule has 5 nitrogen and oxygen atoms in total. The Bertz CT molecular complexity index is 1180. The largest absolute Gasteiger partial charge is 0.507 e. The maximum absolute atomic E-state index is 13.4. The summed E-state index contributed by atoms with van der Waals surface area (Å²) in [4.78, 5) is 27.6. The molecule has 3 aromatic carbocycles. The molecule has 1 heterocycles. The first kappa shape index (κ1) is 21.3. The summed E-state index contributed by atoms with van der Waals surface area (Å²) in [7, 11) is 0. The average Bonchev–Trinajstić information content (AvgIpc) is 3.06. The van der Waals surface area contributed by atoms with Gasteiger partial charge < -0.3 is 9.84 Å². The van der Waals surface area contributed by atoms with Gasteiger partial charge in [-0.1, -0.05) is 29.8 Å². The number of Topliss-reactive ketones (excluding diaryl/α,β-unsaturated/α-hetero) is 1. The van der Waals surface area contributed by atoms with E-state index in [2.05, 4.69) is 0 Å². The van der Waals surface area contributed by atoms with Gasteiger partial charge in [-0.25, -0.2) is 4.39 Å². The number of nitrogens with zero attached hydrogens (tertiary/aromatic N) is 1. The van der Waals surface area contributed by atoms with Crippen LogP contribution in [0.5, 0.6) is 5.75 Å². The number of aliphatic hydroxyl groups excluding tert-OH is 1. The zero-order chi connectivity index (χ0) is 22.8. The van der Waals surface area contributed by atoms with Gasteiger partial charge in [0.1, 0.15) is 17.3 Å². The minimum atomic E-state index is -0.849. The minimum Gasteiger partial charge on any atom is -0.507 e. The third kappa shape index (κ3) is 3.87. The Morgan fingerprint density at radius 3 is 2.19 bits per heavy atom. The number of aryl methyl sites for hydroxylation is 1. The van der Waals surface area contributed by atoms with E-state index in [9.17, 15) is 19.1 Å². The Hall–Kier alpha value is -3.93. The van der Waals surface area contributed by atoms with Crippen molar-refractivity contribution >= 4 is 23.1 Å². The van der Waals surface area contributed by atoms with Crippen LogP contribution in [0.2, 0.25) is 0 Å². The Morgan fingerprint density at radius 1 is 0.969 bits per heavy atom. The van der Waals surface area contributed by atoms with E-state index in [4.69, 9.17) is 4.74 Å². The van der Waals surface area contributed by atoms with E-state index in [0.717, 1.165) is 5.56 Å². The molecule has 1 fully saturated rings. The predicted octanol–water partition coefficient (Wildman–Crippen LogP) is 5.16. The Kier molecular flexibility index (Phi) is 5.77. The summed E-state index contributed by atoms with van der Waals surface area (Å²) in [6.45, 7) is 4.31. The zero-order valence-electron chi connectivity index (χ0n) is 17.7. The molecule has 162 valence electrons. The standard InChI is InChI=1S/C26H22FNO4/c1-3-32-21-14-8-17(9-15-21)23-22(24(29)18-6-10-19(27)11-7-18)25(30)26(31)28(23)20-12-4-16(2)5-13-20/h4-15,23,29H,3H2,1-2H3/b24-22+. The number of benzene rings is 3. The van der Waals surface area contributed by atoms with Gasteiger partial charge in [0.2, 0.25) is 0 Å². The third-order valence-electron chi connectivity index (χ3n) is 5.38. The fraction of sp³-hybridized carbons (Fsp3) is 0.154. The monoisotopic (exact) mass is 431 g/mol. The molecule has 0 radical (unpaired) electrons. The highest BCUT2D eigenvalue weighted by atomic mass is 19.1. The predicted molar refractivity (Wildman–Crippen MR) is 120 cm³/mol. The highest BCUT2D eigenvalue weighted by Gasteiger charge is 2.46. The van der Waals surface area contributed by atoms with Crippen molar-refractivity contribution in [3.05, 3.63) is 101 Å². The lowest BCUT2D eigenvalue weighted by molar-refractivity contribution is -0.132. The first-order valence-corrected chi connectivity index (χ1v) is 10.3. The fourth-order valence-electron chi connectivity index (χ4n) is 3.80. The van der Waals surface area contributed by atoms with Crippen LogP contribution in [0.15, 0.2) is 78.4 Å². The van der Waals surface area contributed by atoms with Crippen LogP contribution >= 0.6 is 0 Å². The molecule has 1 atom stereocenters. The van der Waals surface area contributed by atoms with Crippen molar-refractivity contribution in [3.63, 3.8) is 0 Å². The molecule has 1 aliphatic heterocycles. The number of hydrogen-bond donors (Lipinski definition) is 1. The number of ketones is 1. The maximum Gasteiger partial charge on any atom is 0.300 e. The first-order valence-electron chi connectivity index (χ1n) is 10.3. The van der Waals surface area contributed by atoms with Crippen LogP contribution in [0.3, 0.4) is 0 Å². The van der Waals surface area contributed by atoms with E-state index in [1.54, 1.807) is 36.4 Å². The number of halogens is 1. The molecule has 1 unspecified atom stereocenters. The van der Waals surface area contributed by atoms with Crippen molar-refractivity contribution in [1.29, 1.82) is 0 Å². The molecule has 0 aliphatic carbocycles. The molecule has 0 bridgehead atoms. The van der Waals surface area contributed by atoms with Crippen molar-refractivity contribution < 1.29 is 23.8 Å². The van der Waals surface area contributed by atoms with Gasteiger partial charge in [0.15, 0.2) is 0 Å². The number of ether oxygens (including phenoxy) is 1. The lowest BCUT2D eigenvalue weighted by Gasteiger charge is -2.25. The van der Waals surface area contributed by atoms with Crippen LogP contribution < -0.4 is 9.64 Å². The van der Waals surface area contributed by atoms with E-state index in [1.807, 2.05) is 26.0 Å². The van der Waals surface area contributed by atoms with Gasteiger partial charge >= 0.3 is 0 Å². The number of aliphatic hydroxyl groups is 1. The summed E-state index contributed by atoms with van der Waals surface area (Å²) in [5, 5.41) is 11.0. The molecule has 32 heavy (non-hydrogen) atoms. The molecule has 1 N–H and O–H groups in total. The zero-order valence-corrected chi connectivity index (χ0v) is 17.7. The van der Waals surface area contributed by atoms with Gasteiger partial charge in [-0.3, -0.25) is 14.5 Å². The summed E-state index contributed by atoms with van der Waals surface area (Å²) in [5.74, 6) is -1.70. The SMILES string of the molecule is CCOc1ccc(C2/C(=C(\O)c3ccc(F)cc3)C(=O)C(=O)N2c2ccc(C)cc2)cc1. The Balaban J connectivity index is 1.89. The number of anilines is 1. The lowest BCUT2D eigenvalue weighted by atomic mass is 9.95. The van der Waals surface area contributed by atoms with Gasteiger partial charge in [-0.05, 0) is 67.9 Å². The van der Waals surface area contributed by atoms with Gasteiger partial charge in [0, 0.05) is 11.3 Å². The molecular weight excluding hydrogens is 409 g/mol. The number of hydrogen-bond acceptors (Lipinski definition) is 4. The summed E-state index contributed by atoms with van der Waals surface area (Å²) >= 11 is 0. The highest BCUT2D eigenvalue weighted by Crippen LogP contribution is 2.42. The van der Waals surface area contributed by atoms with Crippen LogP contribution in [0.25, 0.3) is 5.76 Å². The molecule has 1 amide bonds. The number of carbonyl (C=O) groups excluding carboxylic acids is 2. The molecule has 6 heteroatoms. The first-order chi connectivity index (χ1) is 15.4. The molecule has 0 aromatic heterocycles. The fourth-order valence-corrected chi connectivity index (χ4v) is 3.80. The second-order valence-corrected chi connectivity index (χ2v) is 7.51. The van der Waals surface area contributed by atoms with Crippen molar-refractivity contribution in [2.24, 2.45) is 0 Å². The van der Waals surface area contributed by atoms with Crippen molar-refractivity contribution in [2.45, 2.75) is 19.9 Å². The molecule has 4 rings (SSSR count). The van der Waals surface area contributed by atoms with Crippen molar-refractivity contribution in [2.75, 3.05) is 11.5 Å². The summed E-state index contributed by atoms with van der Waals surface area (Å²) < 4.78 is 18.9. The third-order valence-corrected chi connectivity index (χ3v) is 5.38. The average molecular weight is 431 g/mol. The molecule has 3 aromatic rings. The van der Waals surface area contributed by atoms with Crippen LogP contribution in [0, 0.1) is 12.7 Å². The maximum atomic E-state index is 13.4. The van der Waals surface area contributed by atoms with E-state index in [1.165, 1.54) is 29.2 Å². The Morgan fingerprint density at radius 2 is 1.59 bits per heavy atom. The van der Waals surface area contributed by atoms with Gasteiger partial charge in [-0.2, -0.15) is 0 Å². The minimum absolute atomic E-state index is 0.0497. The van der Waals surface area contributed by atoms with Gasteiger partial charge in [0.25, 0.3) is 11.7 Å². The van der Waals surface area contributed by atoms with E-state index in [0.29, 0.717) is 23.6 Å². The second-order valence-electron chi connectivity index (χ2n) is 7.51. The quantitative estimate of drug-likeness (QED) is 0.344. The van der Waals surface area contributed by atoms with E-state index >= 15 is 0 Å². The van der Waals surface area contributed by atoms with Crippen LogP contribution in [0.1, 0.15) is 29.7 Å².